The second-order valence-corrected chi connectivity index (χ2v) is 8.68. The SMILES string of the molecule is CSc1nc2ncc(C(=O)Oc3ccccc3NC(=S)Nc3ccc(-c4ccccc4)nn3)c(N)n2n1. The molecule has 2 aromatic carbocycles. The fourth-order valence-corrected chi connectivity index (χ4v) is 3.87. The zero-order valence-electron chi connectivity index (χ0n) is 19.3. The minimum Gasteiger partial charge on any atom is -0.421 e. The van der Waals surface area contributed by atoms with Gasteiger partial charge in [-0.05, 0) is 42.7 Å². The van der Waals surface area contributed by atoms with Crippen LogP contribution in [-0.2, 0) is 0 Å². The number of nitrogens with zero attached hydrogens (tertiary/aromatic N) is 6. The van der Waals surface area contributed by atoms with Crippen LogP contribution in [-0.4, -0.2) is 47.1 Å². The van der Waals surface area contributed by atoms with Crippen LogP contribution in [0.1, 0.15) is 10.4 Å². The number of esters is 1. The van der Waals surface area contributed by atoms with Gasteiger partial charge in [-0.15, -0.1) is 15.3 Å². The van der Waals surface area contributed by atoms with Crippen LogP contribution in [0.25, 0.3) is 17.0 Å². The van der Waals surface area contributed by atoms with E-state index < -0.39 is 5.97 Å². The average Bonchev–Trinajstić information content (AvgIpc) is 3.35. The van der Waals surface area contributed by atoms with E-state index in [4.69, 9.17) is 22.7 Å². The van der Waals surface area contributed by atoms with Crippen LogP contribution in [0.4, 0.5) is 17.3 Å². The first kappa shape index (κ1) is 24.1. The molecular weight excluding hydrogens is 510 g/mol. The second-order valence-electron chi connectivity index (χ2n) is 7.50. The molecule has 11 nitrogen and oxygen atoms in total. The second kappa shape index (κ2) is 10.6. The maximum atomic E-state index is 12.9. The molecular formula is C24H19N9O2S2. The lowest BCUT2D eigenvalue weighted by molar-refractivity contribution is 0.0736. The number of para-hydroxylation sites is 2. The first-order valence-electron chi connectivity index (χ1n) is 10.9. The van der Waals surface area contributed by atoms with Gasteiger partial charge in [0.05, 0.1) is 11.4 Å². The number of rotatable bonds is 6. The van der Waals surface area contributed by atoms with E-state index in [-0.39, 0.29) is 28.0 Å². The highest BCUT2D eigenvalue weighted by Gasteiger charge is 2.19. The summed E-state index contributed by atoms with van der Waals surface area (Å²) in [7, 11) is 0. The van der Waals surface area contributed by atoms with E-state index in [9.17, 15) is 4.79 Å². The highest BCUT2D eigenvalue weighted by Crippen LogP contribution is 2.26. The van der Waals surface area contributed by atoms with Crippen molar-refractivity contribution in [2.75, 3.05) is 22.6 Å². The van der Waals surface area contributed by atoms with Crippen LogP contribution in [0.15, 0.2) is 78.1 Å². The van der Waals surface area contributed by atoms with Crippen LogP contribution in [0, 0.1) is 0 Å². The predicted octanol–water partition coefficient (Wildman–Crippen LogP) is 3.91. The smallest absolute Gasteiger partial charge is 0.348 e. The number of benzene rings is 2. The van der Waals surface area contributed by atoms with Crippen LogP contribution >= 0.6 is 24.0 Å². The number of hydrogen-bond donors (Lipinski definition) is 3. The molecule has 0 amide bonds. The number of thioether (sulfide) groups is 1. The maximum absolute atomic E-state index is 12.9. The summed E-state index contributed by atoms with van der Waals surface area (Å²) in [6.07, 6.45) is 3.14. The predicted molar refractivity (Wildman–Crippen MR) is 146 cm³/mol. The molecule has 0 unspecified atom stereocenters. The summed E-state index contributed by atoms with van der Waals surface area (Å²) in [5.41, 5.74) is 8.35. The number of nitrogens with one attached hydrogen (secondary N) is 2. The Labute approximate surface area is 220 Å². The van der Waals surface area contributed by atoms with E-state index in [1.54, 1.807) is 30.3 Å². The van der Waals surface area contributed by atoms with Crippen molar-refractivity contribution < 1.29 is 9.53 Å². The molecule has 0 fully saturated rings. The molecule has 184 valence electrons. The third-order valence-electron chi connectivity index (χ3n) is 5.10. The summed E-state index contributed by atoms with van der Waals surface area (Å²) < 4.78 is 6.91. The van der Waals surface area contributed by atoms with Gasteiger partial charge in [0.15, 0.2) is 16.7 Å². The molecule has 13 heteroatoms. The Hall–Kier alpha value is -4.62. The molecule has 0 atom stereocenters. The molecule has 0 aliphatic rings. The molecule has 3 heterocycles. The minimum absolute atomic E-state index is 0.0503. The summed E-state index contributed by atoms with van der Waals surface area (Å²) in [6.45, 7) is 0. The van der Waals surface area contributed by atoms with Gasteiger partial charge in [-0.2, -0.15) is 9.50 Å². The van der Waals surface area contributed by atoms with Crippen molar-refractivity contribution in [3.8, 4) is 17.0 Å². The van der Waals surface area contributed by atoms with Crippen LogP contribution in [0.2, 0.25) is 0 Å². The Morgan fingerprint density at radius 3 is 2.57 bits per heavy atom. The third kappa shape index (κ3) is 5.32. The number of ether oxygens (including phenoxy) is 1. The van der Waals surface area contributed by atoms with Crippen LogP contribution < -0.4 is 21.1 Å². The Bertz CT molecular complexity index is 1590. The lowest BCUT2D eigenvalue weighted by Gasteiger charge is -2.14. The molecule has 5 aromatic rings. The number of hydrogen-bond acceptors (Lipinski definition) is 10. The van der Waals surface area contributed by atoms with Crippen molar-refractivity contribution in [2.45, 2.75) is 5.16 Å². The third-order valence-corrected chi connectivity index (χ3v) is 5.84. The van der Waals surface area contributed by atoms with Crippen LogP contribution in [0.5, 0.6) is 5.75 Å². The number of thiocarbonyl (C=S) groups is 1. The van der Waals surface area contributed by atoms with Gasteiger partial charge in [-0.1, -0.05) is 54.2 Å². The summed E-state index contributed by atoms with van der Waals surface area (Å²) in [5.74, 6) is 0.352. The number of carbonyl (C=O) groups is 1. The summed E-state index contributed by atoms with van der Waals surface area (Å²) in [4.78, 5) is 21.3. The summed E-state index contributed by atoms with van der Waals surface area (Å²) in [5, 5.41) is 19.4. The zero-order chi connectivity index (χ0) is 25.8. The number of nitrogen functional groups attached to an aromatic ring is 1. The fraction of sp³-hybridized carbons (Fsp3) is 0.0417. The first-order valence-corrected chi connectivity index (χ1v) is 12.5. The average molecular weight is 530 g/mol. The van der Waals surface area contributed by atoms with Crippen molar-refractivity contribution in [3.63, 3.8) is 0 Å². The molecule has 0 bridgehead atoms. The Balaban J connectivity index is 1.28. The van der Waals surface area contributed by atoms with E-state index in [1.165, 1.54) is 22.5 Å². The Morgan fingerprint density at radius 1 is 1.03 bits per heavy atom. The molecule has 5 rings (SSSR count). The highest BCUT2D eigenvalue weighted by molar-refractivity contribution is 7.98. The molecule has 0 aliphatic heterocycles. The van der Waals surface area contributed by atoms with Gasteiger partial charge in [0.25, 0.3) is 5.78 Å². The van der Waals surface area contributed by atoms with E-state index >= 15 is 0 Å². The molecule has 3 aromatic heterocycles. The van der Waals surface area contributed by atoms with E-state index in [2.05, 4.69) is 35.9 Å². The Kier molecular flexibility index (Phi) is 6.87. The van der Waals surface area contributed by atoms with Crippen molar-refractivity contribution in [1.29, 1.82) is 0 Å². The normalized spacial score (nSPS) is 10.7. The number of nitrogens with two attached hydrogens (primary N) is 1. The molecule has 37 heavy (non-hydrogen) atoms. The number of carbonyl (C=O) groups excluding carboxylic acids is 1. The van der Waals surface area contributed by atoms with Gasteiger partial charge in [0, 0.05) is 11.8 Å². The van der Waals surface area contributed by atoms with E-state index in [0.717, 1.165) is 11.3 Å². The quantitative estimate of drug-likeness (QED) is 0.127. The van der Waals surface area contributed by atoms with Crippen molar-refractivity contribution in [3.05, 3.63) is 78.5 Å². The summed E-state index contributed by atoms with van der Waals surface area (Å²) >= 11 is 6.76. The lowest BCUT2D eigenvalue weighted by Crippen LogP contribution is -2.21. The number of anilines is 3. The van der Waals surface area contributed by atoms with Gasteiger partial charge in [-0.25, -0.2) is 9.78 Å². The summed E-state index contributed by atoms with van der Waals surface area (Å²) in [6, 6.07) is 20.2. The topological polar surface area (TPSA) is 145 Å². The standard InChI is InChI=1S/C24H19N9O2S2/c1-37-24-29-22-26-13-15(20(25)33(22)32-24)21(34)35-18-10-6-5-9-17(18)27-23(36)28-19-12-11-16(30-31-19)14-7-3-2-4-8-14/h2-13H,25H2,1H3,(H2,27,28,31,36). The maximum Gasteiger partial charge on any atom is 0.348 e. The Morgan fingerprint density at radius 2 is 1.81 bits per heavy atom. The molecule has 4 N–H and O–H groups in total. The van der Waals surface area contributed by atoms with Crippen LogP contribution in [0.3, 0.4) is 0 Å². The number of aromatic nitrogens is 6. The highest BCUT2D eigenvalue weighted by atomic mass is 32.2. The van der Waals surface area contributed by atoms with E-state index in [1.807, 2.05) is 42.7 Å². The van der Waals surface area contributed by atoms with Gasteiger partial charge >= 0.3 is 5.97 Å². The van der Waals surface area contributed by atoms with Crippen molar-refractivity contribution >= 4 is 58.2 Å². The fourth-order valence-electron chi connectivity index (χ4n) is 3.32. The molecule has 0 spiro atoms. The van der Waals surface area contributed by atoms with Gasteiger partial charge in [0.2, 0.25) is 5.16 Å². The largest absolute Gasteiger partial charge is 0.421 e. The lowest BCUT2D eigenvalue weighted by atomic mass is 10.1. The van der Waals surface area contributed by atoms with E-state index in [0.29, 0.717) is 16.7 Å². The molecule has 0 saturated heterocycles. The van der Waals surface area contributed by atoms with Crippen molar-refractivity contribution in [1.82, 2.24) is 29.8 Å². The zero-order valence-corrected chi connectivity index (χ0v) is 21.0. The number of fused-ring (bicyclic) bond motifs is 1. The van der Waals surface area contributed by atoms with Gasteiger partial charge in [0.1, 0.15) is 11.4 Å². The molecule has 0 saturated carbocycles. The van der Waals surface area contributed by atoms with Gasteiger partial charge < -0.3 is 21.1 Å². The van der Waals surface area contributed by atoms with Gasteiger partial charge in [-0.3, -0.25) is 0 Å². The minimum atomic E-state index is -0.705. The molecule has 0 aliphatic carbocycles. The van der Waals surface area contributed by atoms with Crippen molar-refractivity contribution in [2.24, 2.45) is 0 Å². The first-order chi connectivity index (χ1) is 18.0. The molecule has 0 radical (unpaired) electrons. The monoisotopic (exact) mass is 529 g/mol.